The second-order valence-corrected chi connectivity index (χ2v) is 4.92. The molecular formula is C13H19N3O2. The normalized spacial score (nSPS) is 15.0. The molecule has 5 nitrogen and oxygen atoms in total. The van der Waals surface area contributed by atoms with Gasteiger partial charge in [-0.05, 0) is 36.9 Å². The molecule has 0 spiro atoms. The summed E-state index contributed by atoms with van der Waals surface area (Å²) >= 11 is 0. The zero-order chi connectivity index (χ0) is 13.1. The van der Waals surface area contributed by atoms with Crippen LogP contribution in [0.15, 0.2) is 18.2 Å². The molecule has 1 fully saturated rings. The van der Waals surface area contributed by atoms with Crippen LogP contribution >= 0.6 is 0 Å². The molecule has 0 atom stereocenters. The van der Waals surface area contributed by atoms with Crippen LogP contribution in [-0.4, -0.2) is 22.9 Å². The maximum atomic E-state index is 10.8. The molecule has 1 aromatic rings. The van der Waals surface area contributed by atoms with Gasteiger partial charge in [-0.25, -0.2) is 0 Å². The third kappa shape index (κ3) is 3.20. The number of hydrogen-bond acceptors (Lipinski definition) is 4. The number of nitro groups is 1. The number of anilines is 1. The summed E-state index contributed by atoms with van der Waals surface area (Å²) in [6, 6.07) is 5.08. The number of hydrogen-bond donors (Lipinski definition) is 1. The Balaban J connectivity index is 2.07. The van der Waals surface area contributed by atoms with E-state index >= 15 is 0 Å². The monoisotopic (exact) mass is 249 g/mol. The summed E-state index contributed by atoms with van der Waals surface area (Å²) in [5, 5.41) is 10.8. The number of rotatable bonds is 6. The highest BCUT2D eigenvalue weighted by atomic mass is 16.6. The van der Waals surface area contributed by atoms with Crippen LogP contribution in [0.1, 0.15) is 25.3 Å². The largest absolute Gasteiger partial charge is 0.393 e. The highest BCUT2D eigenvalue weighted by Gasteiger charge is 2.24. The first-order valence-electron chi connectivity index (χ1n) is 6.35. The van der Waals surface area contributed by atoms with Gasteiger partial charge in [0.15, 0.2) is 0 Å². The maximum Gasteiger partial charge on any atom is 0.292 e. The molecule has 0 radical (unpaired) electrons. The van der Waals surface area contributed by atoms with E-state index in [-0.39, 0.29) is 11.4 Å². The van der Waals surface area contributed by atoms with E-state index in [0.29, 0.717) is 0 Å². The van der Waals surface area contributed by atoms with Crippen LogP contribution < -0.4 is 5.73 Å². The highest BCUT2D eigenvalue weighted by Crippen LogP contribution is 2.30. The van der Waals surface area contributed by atoms with E-state index in [9.17, 15) is 10.1 Å². The lowest BCUT2D eigenvalue weighted by atomic mass is 10.1. The average molecular weight is 249 g/mol. The first-order valence-corrected chi connectivity index (χ1v) is 6.35. The summed E-state index contributed by atoms with van der Waals surface area (Å²) < 4.78 is 0. The van der Waals surface area contributed by atoms with Gasteiger partial charge < -0.3 is 5.73 Å². The standard InChI is InChI=1S/C13H19N3O2/c1-2-15(8-10-3-4-10)9-11-5-6-12(14)13(7-11)16(17)18/h5-7,10H,2-4,8-9,14H2,1H3. The molecule has 1 aliphatic rings. The Bertz CT molecular complexity index is 444. The van der Waals surface area contributed by atoms with E-state index in [1.54, 1.807) is 12.1 Å². The van der Waals surface area contributed by atoms with Crippen LogP contribution in [-0.2, 0) is 6.54 Å². The van der Waals surface area contributed by atoms with E-state index in [0.717, 1.165) is 31.1 Å². The number of nitrogen functional groups attached to an aromatic ring is 1. The molecule has 2 rings (SSSR count). The first-order chi connectivity index (χ1) is 8.60. The van der Waals surface area contributed by atoms with E-state index in [1.807, 2.05) is 6.07 Å². The van der Waals surface area contributed by atoms with Crippen molar-refractivity contribution in [2.24, 2.45) is 5.92 Å². The Morgan fingerprint density at radius 2 is 2.22 bits per heavy atom. The molecule has 0 heterocycles. The first kappa shape index (κ1) is 12.8. The van der Waals surface area contributed by atoms with Crippen LogP contribution in [0.4, 0.5) is 11.4 Å². The number of nitrogens with zero attached hydrogens (tertiary/aromatic N) is 2. The van der Waals surface area contributed by atoms with Crippen molar-refractivity contribution in [3.8, 4) is 0 Å². The molecule has 2 N–H and O–H groups in total. The van der Waals surface area contributed by atoms with Gasteiger partial charge in [-0.3, -0.25) is 15.0 Å². The van der Waals surface area contributed by atoms with Crippen molar-refractivity contribution >= 4 is 11.4 Å². The molecule has 98 valence electrons. The van der Waals surface area contributed by atoms with Crippen molar-refractivity contribution in [2.45, 2.75) is 26.3 Å². The van der Waals surface area contributed by atoms with Gasteiger partial charge in [0.1, 0.15) is 5.69 Å². The number of nitrogens with two attached hydrogens (primary N) is 1. The van der Waals surface area contributed by atoms with E-state index in [4.69, 9.17) is 5.73 Å². The van der Waals surface area contributed by atoms with E-state index in [2.05, 4.69) is 11.8 Å². The summed E-state index contributed by atoms with van der Waals surface area (Å²) in [7, 11) is 0. The minimum atomic E-state index is -0.421. The minimum absolute atomic E-state index is 0.00924. The smallest absolute Gasteiger partial charge is 0.292 e. The Hall–Kier alpha value is -1.62. The Labute approximate surface area is 107 Å². The topological polar surface area (TPSA) is 72.4 Å². The molecule has 0 amide bonds. The number of nitro benzene ring substituents is 1. The van der Waals surface area contributed by atoms with Gasteiger partial charge in [-0.15, -0.1) is 0 Å². The van der Waals surface area contributed by atoms with Crippen LogP contribution in [0.5, 0.6) is 0 Å². The molecule has 1 aliphatic carbocycles. The van der Waals surface area contributed by atoms with Crippen molar-refractivity contribution in [3.63, 3.8) is 0 Å². The van der Waals surface area contributed by atoms with Gasteiger partial charge in [0.25, 0.3) is 5.69 Å². The fourth-order valence-corrected chi connectivity index (χ4v) is 2.07. The molecule has 0 aromatic heterocycles. The SMILES string of the molecule is CCN(Cc1ccc(N)c([N+](=O)[O-])c1)CC1CC1. The van der Waals surface area contributed by atoms with Crippen LogP contribution in [0.3, 0.4) is 0 Å². The molecule has 18 heavy (non-hydrogen) atoms. The van der Waals surface area contributed by atoms with Gasteiger partial charge in [-0.1, -0.05) is 13.0 Å². The van der Waals surface area contributed by atoms with Gasteiger partial charge >= 0.3 is 0 Å². The molecule has 5 heteroatoms. The van der Waals surface area contributed by atoms with Crippen molar-refractivity contribution < 1.29 is 4.92 Å². The van der Waals surface area contributed by atoms with Crippen LogP contribution in [0, 0.1) is 16.0 Å². The lowest BCUT2D eigenvalue weighted by molar-refractivity contribution is -0.384. The van der Waals surface area contributed by atoms with E-state index < -0.39 is 4.92 Å². The maximum absolute atomic E-state index is 10.8. The fraction of sp³-hybridized carbons (Fsp3) is 0.538. The summed E-state index contributed by atoms with van der Waals surface area (Å²) in [4.78, 5) is 12.7. The quantitative estimate of drug-likeness (QED) is 0.477. The lowest BCUT2D eigenvalue weighted by Gasteiger charge is -2.20. The van der Waals surface area contributed by atoms with Gasteiger partial charge in [0.05, 0.1) is 4.92 Å². The average Bonchev–Trinajstić information content (AvgIpc) is 3.14. The lowest BCUT2D eigenvalue weighted by Crippen LogP contribution is -2.25. The van der Waals surface area contributed by atoms with Crippen molar-refractivity contribution in [1.29, 1.82) is 0 Å². The second-order valence-electron chi connectivity index (χ2n) is 4.92. The summed E-state index contributed by atoms with van der Waals surface area (Å²) in [6.45, 7) is 4.94. The van der Waals surface area contributed by atoms with Crippen LogP contribution in [0.2, 0.25) is 0 Å². The fourth-order valence-electron chi connectivity index (χ4n) is 2.07. The minimum Gasteiger partial charge on any atom is -0.393 e. The van der Waals surface area contributed by atoms with Gasteiger partial charge in [0.2, 0.25) is 0 Å². The van der Waals surface area contributed by atoms with Gasteiger partial charge in [-0.2, -0.15) is 0 Å². The Kier molecular flexibility index (Phi) is 3.81. The highest BCUT2D eigenvalue weighted by molar-refractivity contribution is 5.59. The second kappa shape index (κ2) is 5.35. The third-order valence-corrected chi connectivity index (χ3v) is 3.36. The molecule has 0 unspecified atom stereocenters. The summed E-state index contributed by atoms with van der Waals surface area (Å²) in [6.07, 6.45) is 2.64. The third-order valence-electron chi connectivity index (χ3n) is 3.36. The predicted molar refractivity (Wildman–Crippen MR) is 71.2 cm³/mol. The Morgan fingerprint density at radius 3 is 2.78 bits per heavy atom. The van der Waals surface area contributed by atoms with Gasteiger partial charge in [0, 0.05) is 19.2 Å². The van der Waals surface area contributed by atoms with Crippen molar-refractivity contribution in [1.82, 2.24) is 4.90 Å². The molecule has 1 aromatic carbocycles. The van der Waals surface area contributed by atoms with E-state index in [1.165, 1.54) is 12.8 Å². The molecule has 0 bridgehead atoms. The van der Waals surface area contributed by atoms with Crippen molar-refractivity contribution in [3.05, 3.63) is 33.9 Å². The zero-order valence-electron chi connectivity index (χ0n) is 10.6. The summed E-state index contributed by atoms with van der Waals surface area (Å²) in [5.74, 6) is 0.828. The molecule has 1 saturated carbocycles. The Morgan fingerprint density at radius 1 is 1.50 bits per heavy atom. The molecule has 0 saturated heterocycles. The van der Waals surface area contributed by atoms with Crippen molar-refractivity contribution in [2.75, 3.05) is 18.8 Å². The molecule has 0 aliphatic heterocycles. The number of benzene rings is 1. The predicted octanol–water partition coefficient (Wildman–Crippen LogP) is 2.41. The zero-order valence-corrected chi connectivity index (χ0v) is 10.6. The van der Waals surface area contributed by atoms with Crippen LogP contribution in [0.25, 0.3) is 0 Å². The summed E-state index contributed by atoms with van der Waals surface area (Å²) in [5.41, 5.74) is 6.79. The molecular weight excluding hydrogens is 230 g/mol.